The lowest BCUT2D eigenvalue weighted by molar-refractivity contribution is -0.115. The Morgan fingerprint density at radius 1 is 1.17 bits per heavy atom. The van der Waals surface area contributed by atoms with Crippen molar-refractivity contribution >= 4 is 27.6 Å². The van der Waals surface area contributed by atoms with Crippen LogP contribution in [0.4, 0.5) is 14.9 Å². The van der Waals surface area contributed by atoms with Gasteiger partial charge in [-0.25, -0.2) is 21.9 Å². The summed E-state index contributed by atoms with van der Waals surface area (Å²) in [6, 6.07) is 4.67. The molecule has 1 aliphatic rings. The van der Waals surface area contributed by atoms with Gasteiger partial charge in [0.2, 0.25) is 15.9 Å². The number of rotatable bonds is 6. The van der Waals surface area contributed by atoms with E-state index in [-0.39, 0.29) is 25.4 Å². The molecule has 24 heavy (non-hydrogen) atoms. The molecule has 0 bridgehead atoms. The second-order valence-corrected chi connectivity index (χ2v) is 7.32. The largest absolute Gasteiger partial charge is 0.337 e. The molecule has 0 aromatic heterocycles. The van der Waals surface area contributed by atoms with E-state index in [0.717, 1.165) is 0 Å². The lowest BCUT2D eigenvalue weighted by atomic mass is 10.3. The van der Waals surface area contributed by atoms with E-state index in [1.165, 1.54) is 28.6 Å². The van der Waals surface area contributed by atoms with Crippen LogP contribution in [0.5, 0.6) is 0 Å². The van der Waals surface area contributed by atoms with E-state index in [9.17, 15) is 22.4 Å². The van der Waals surface area contributed by atoms with Crippen molar-refractivity contribution in [2.75, 3.05) is 37.2 Å². The van der Waals surface area contributed by atoms with Gasteiger partial charge in [0.1, 0.15) is 5.82 Å². The molecule has 0 spiro atoms. The van der Waals surface area contributed by atoms with Crippen LogP contribution in [0.25, 0.3) is 0 Å². The molecule has 132 valence electrons. The van der Waals surface area contributed by atoms with Gasteiger partial charge in [0.25, 0.3) is 0 Å². The van der Waals surface area contributed by atoms with Gasteiger partial charge in [-0.3, -0.25) is 4.79 Å². The van der Waals surface area contributed by atoms with Crippen molar-refractivity contribution in [2.24, 2.45) is 0 Å². The molecule has 0 saturated carbocycles. The number of carbonyl (C=O) groups is 2. The van der Waals surface area contributed by atoms with Crippen molar-refractivity contribution in [1.82, 2.24) is 14.9 Å². The summed E-state index contributed by atoms with van der Waals surface area (Å²) in [6.07, 6.45) is 0.595. The highest BCUT2D eigenvalue weighted by molar-refractivity contribution is 7.89. The minimum atomic E-state index is -3.18. The number of amides is 3. The standard InChI is InChI=1S/C14H19FN4O4S/c15-11-2-4-12(5-3-11)18-13(20)10-17-14(21)16-6-8-19-7-1-9-24(19,22)23/h2-5H,1,6-10H2,(H,18,20)(H2,16,17,21). The minimum absolute atomic E-state index is 0.142. The van der Waals surface area contributed by atoms with Crippen molar-refractivity contribution in [3.05, 3.63) is 30.1 Å². The van der Waals surface area contributed by atoms with Crippen molar-refractivity contribution < 1.29 is 22.4 Å². The highest BCUT2D eigenvalue weighted by Gasteiger charge is 2.27. The Morgan fingerprint density at radius 3 is 2.50 bits per heavy atom. The zero-order valence-electron chi connectivity index (χ0n) is 12.9. The van der Waals surface area contributed by atoms with Gasteiger partial charge in [-0.05, 0) is 30.7 Å². The third kappa shape index (κ3) is 5.46. The zero-order chi connectivity index (χ0) is 17.6. The van der Waals surface area contributed by atoms with Crippen molar-refractivity contribution in [3.63, 3.8) is 0 Å². The summed E-state index contributed by atoms with van der Waals surface area (Å²) < 4.78 is 37.2. The number of nitrogens with one attached hydrogen (secondary N) is 3. The van der Waals surface area contributed by atoms with E-state index in [1.54, 1.807) is 0 Å². The monoisotopic (exact) mass is 358 g/mol. The Kier molecular flexibility index (Phi) is 6.10. The van der Waals surface area contributed by atoms with Gasteiger partial charge in [-0.2, -0.15) is 0 Å². The van der Waals surface area contributed by atoms with Crippen LogP contribution in [0.2, 0.25) is 0 Å². The number of halogens is 1. The highest BCUT2D eigenvalue weighted by atomic mass is 32.2. The van der Waals surface area contributed by atoms with Crippen LogP contribution in [-0.2, 0) is 14.8 Å². The minimum Gasteiger partial charge on any atom is -0.337 e. The summed E-state index contributed by atoms with van der Waals surface area (Å²) in [5, 5.41) is 7.34. The van der Waals surface area contributed by atoms with E-state index in [4.69, 9.17) is 0 Å². The molecule has 1 aliphatic heterocycles. The molecule has 3 amide bonds. The van der Waals surface area contributed by atoms with E-state index in [2.05, 4.69) is 16.0 Å². The summed E-state index contributed by atoms with van der Waals surface area (Å²) in [5.41, 5.74) is 0.419. The summed E-state index contributed by atoms with van der Waals surface area (Å²) in [4.78, 5) is 23.2. The van der Waals surface area contributed by atoms with Gasteiger partial charge in [-0.1, -0.05) is 0 Å². The van der Waals surface area contributed by atoms with Crippen LogP contribution in [0, 0.1) is 5.82 Å². The molecule has 0 radical (unpaired) electrons. The number of benzene rings is 1. The first-order chi connectivity index (χ1) is 11.4. The molecule has 10 heteroatoms. The Hall–Kier alpha value is -2.20. The van der Waals surface area contributed by atoms with Crippen LogP contribution in [0.1, 0.15) is 6.42 Å². The average molecular weight is 358 g/mol. The highest BCUT2D eigenvalue weighted by Crippen LogP contribution is 2.11. The summed E-state index contributed by atoms with van der Waals surface area (Å²) >= 11 is 0. The molecule has 3 N–H and O–H groups in total. The Morgan fingerprint density at radius 2 is 1.88 bits per heavy atom. The average Bonchev–Trinajstić information content (AvgIpc) is 2.86. The third-order valence-electron chi connectivity index (χ3n) is 3.39. The number of nitrogens with zero attached hydrogens (tertiary/aromatic N) is 1. The normalized spacial score (nSPS) is 16.5. The van der Waals surface area contributed by atoms with Crippen molar-refractivity contribution in [2.45, 2.75) is 6.42 Å². The maximum Gasteiger partial charge on any atom is 0.315 e. The van der Waals surface area contributed by atoms with Gasteiger partial charge in [0, 0.05) is 25.3 Å². The molecule has 8 nitrogen and oxygen atoms in total. The van der Waals surface area contributed by atoms with Gasteiger partial charge in [-0.15, -0.1) is 0 Å². The number of anilines is 1. The van der Waals surface area contributed by atoms with Crippen molar-refractivity contribution in [1.29, 1.82) is 0 Å². The van der Waals surface area contributed by atoms with E-state index in [0.29, 0.717) is 18.7 Å². The van der Waals surface area contributed by atoms with E-state index < -0.39 is 27.8 Å². The molecule has 1 fully saturated rings. The molecule has 0 atom stereocenters. The summed E-state index contributed by atoms with van der Waals surface area (Å²) in [7, 11) is -3.18. The molecule has 0 unspecified atom stereocenters. The first kappa shape index (κ1) is 18.1. The number of carbonyl (C=O) groups excluding carboxylic acids is 2. The molecule has 1 aromatic rings. The van der Waals surface area contributed by atoms with Crippen LogP contribution in [0.15, 0.2) is 24.3 Å². The second-order valence-electron chi connectivity index (χ2n) is 5.23. The molecular formula is C14H19FN4O4S. The second kappa shape index (κ2) is 8.06. The zero-order valence-corrected chi connectivity index (χ0v) is 13.7. The summed E-state index contributed by atoms with van der Waals surface area (Å²) in [5.74, 6) is -0.729. The lowest BCUT2D eigenvalue weighted by Gasteiger charge is -2.14. The fourth-order valence-corrected chi connectivity index (χ4v) is 3.73. The van der Waals surface area contributed by atoms with Crippen LogP contribution >= 0.6 is 0 Å². The molecule has 0 aliphatic carbocycles. The predicted octanol–water partition coefficient (Wildman–Crippen LogP) is 0.0989. The SMILES string of the molecule is O=C(CNC(=O)NCCN1CCCS1(=O)=O)Nc1ccc(F)cc1. The first-order valence-electron chi connectivity index (χ1n) is 7.42. The van der Waals surface area contributed by atoms with Gasteiger partial charge in [0.15, 0.2) is 0 Å². The lowest BCUT2D eigenvalue weighted by Crippen LogP contribution is -2.43. The molecule has 1 heterocycles. The smallest absolute Gasteiger partial charge is 0.315 e. The Bertz CT molecular complexity index is 693. The molecule has 2 rings (SSSR count). The number of urea groups is 1. The summed E-state index contributed by atoms with van der Waals surface area (Å²) in [6.45, 7) is 0.569. The molecular weight excluding hydrogens is 339 g/mol. The van der Waals surface area contributed by atoms with Crippen LogP contribution in [-0.4, -0.2) is 56.6 Å². The quantitative estimate of drug-likeness (QED) is 0.670. The predicted molar refractivity (Wildman–Crippen MR) is 86.4 cm³/mol. The van der Waals surface area contributed by atoms with E-state index >= 15 is 0 Å². The van der Waals surface area contributed by atoms with Crippen molar-refractivity contribution in [3.8, 4) is 0 Å². The van der Waals surface area contributed by atoms with Crippen LogP contribution in [0.3, 0.4) is 0 Å². The third-order valence-corrected chi connectivity index (χ3v) is 5.34. The molecule has 1 saturated heterocycles. The molecule has 1 aromatic carbocycles. The van der Waals surface area contributed by atoms with Gasteiger partial charge >= 0.3 is 6.03 Å². The van der Waals surface area contributed by atoms with E-state index in [1.807, 2.05) is 0 Å². The van der Waals surface area contributed by atoms with Gasteiger partial charge in [0.05, 0.1) is 12.3 Å². The van der Waals surface area contributed by atoms with Gasteiger partial charge < -0.3 is 16.0 Å². The van der Waals surface area contributed by atoms with Crippen LogP contribution < -0.4 is 16.0 Å². The fourth-order valence-electron chi connectivity index (χ4n) is 2.20. The maximum absolute atomic E-state index is 12.7. The Balaban J connectivity index is 1.64. The fraction of sp³-hybridized carbons (Fsp3) is 0.429. The Labute approximate surface area is 139 Å². The number of hydrogen-bond acceptors (Lipinski definition) is 4. The topological polar surface area (TPSA) is 108 Å². The number of hydrogen-bond donors (Lipinski definition) is 3. The maximum atomic E-state index is 12.7. The first-order valence-corrected chi connectivity index (χ1v) is 9.03. The number of sulfonamides is 1.